The van der Waals surface area contributed by atoms with Crippen LogP contribution in [0.3, 0.4) is 0 Å². The van der Waals surface area contributed by atoms with Gasteiger partial charge in [0.1, 0.15) is 22.6 Å². The van der Waals surface area contributed by atoms with Crippen LogP contribution in [0.1, 0.15) is 35.4 Å². The van der Waals surface area contributed by atoms with Gasteiger partial charge in [-0.3, -0.25) is 9.71 Å². The van der Waals surface area contributed by atoms with Crippen molar-refractivity contribution in [3.8, 4) is 11.4 Å². The molecule has 0 saturated carbocycles. The van der Waals surface area contributed by atoms with Gasteiger partial charge in [-0.15, -0.1) is 0 Å². The third kappa shape index (κ3) is 5.13. The molecule has 5 N–H and O–H groups in total. The van der Waals surface area contributed by atoms with E-state index in [1.54, 1.807) is 27.2 Å². The van der Waals surface area contributed by atoms with E-state index in [0.29, 0.717) is 33.9 Å². The monoisotopic (exact) mass is 520 g/mol. The van der Waals surface area contributed by atoms with Crippen LogP contribution >= 0.6 is 0 Å². The van der Waals surface area contributed by atoms with Crippen molar-refractivity contribution in [3.05, 3.63) is 76.0 Å². The van der Waals surface area contributed by atoms with Crippen molar-refractivity contribution in [2.75, 3.05) is 17.4 Å². The Morgan fingerprint density at radius 3 is 2.76 bits per heavy atom. The molecule has 37 heavy (non-hydrogen) atoms. The first-order valence-electron chi connectivity index (χ1n) is 12.0. The lowest BCUT2D eigenvalue weighted by molar-refractivity contribution is -0.131. The van der Waals surface area contributed by atoms with E-state index in [1.807, 2.05) is 37.3 Å². The van der Waals surface area contributed by atoms with Crippen molar-refractivity contribution in [1.29, 1.82) is 5.41 Å². The third-order valence-corrected chi connectivity index (χ3v) is 7.75. The van der Waals surface area contributed by atoms with Crippen molar-refractivity contribution >= 4 is 34.6 Å². The minimum Gasteiger partial charge on any atom is -0.490 e. The first-order valence-corrected chi connectivity index (χ1v) is 13.1. The number of nitrogens with two attached hydrogens (primary N) is 1. The fourth-order valence-corrected chi connectivity index (χ4v) is 5.78. The second-order valence-electron chi connectivity index (χ2n) is 9.04. The number of piperidine rings is 1. The SMILES string of the molecule is Cc1cc(CN2c3ccc(OC4CCNCC4)cc3C=C(C(=O)O)S2=O)n(-c2cccc(C(=N)N)c2)n1. The standard InChI is InChI=1S/C26H28N6O4S/c1-16-11-20(32(30-16)19-4-2-3-17(12-19)25(27)28)15-31-23-6-5-22(36-21-7-9-29-10-8-21)13-18(23)14-24(26(33)34)37(31)35/h2-6,11-14,21,29H,7-10,15H2,1H3,(H3,27,28)(H,33,34). The van der Waals surface area contributed by atoms with Gasteiger partial charge in [0.25, 0.3) is 0 Å². The number of carboxylic acids is 1. The number of anilines is 1. The number of aliphatic carboxylic acids is 1. The number of rotatable bonds is 7. The van der Waals surface area contributed by atoms with E-state index in [9.17, 15) is 14.1 Å². The number of amidine groups is 1. The van der Waals surface area contributed by atoms with E-state index in [2.05, 4.69) is 10.4 Å². The molecule has 192 valence electrons. The number of nitrogen functional groups attached to an aromatic ring is 1. The smallest absolute Gasteiger partial charge is 0.346 e. The third-order valence-electron chi connectivity index (χ3n) is 6.35. The van der Waals surface area contributed by atoms with Crippen LogP contribution in [0, 0.1) is 12.3 Å². The molecule has 2 aromatic carbocycles. The van der Waals surface area contributed by atoms with E-state index >= 15 is 0 Å². The minimum atomic E-state index is -1.94. The lowest BCUT2D eigenvalue weighted by Gasteiger charge is -2.30. The number of carbonyl (C=O) groups is 1. The molecule has 2 aliphatic rings. The Balaban J connectivity index is 1.50. The van der Waals surface area contributed by atoms with E-state index in [1.165, 1.54) is 6.08 Å². The fourth-order valence-electron chi connectivity index (χ4n) is 4.58. The first-order chi connectivity index (χ1) is 17.8. The van der Waals surface area contributed by atoms with Gasteiger partial charge in [0.05, 0.1) is 29.3 Å². The van der Waals surface area contributed by atoms with Gasteiger partial charge in [0.15, 0.2) is 11.0 Å². The van der Waals surface area contributed by atoms with Crippen LogP contribution in [0.4, 0.5) is 5.69 Å². The number of fused-ring (bicyclic) bond motifs is 1. The summed E-state index contributed by atoms with van der Waals surface area (Å²) in [5.74, 6) is -0.643. The molecule has 1 saturated heterocycles. The first kappa shape index (κ1) is 24.7. The summed E-state index contributed by atoms with van der Waals surface area (Å²) in [5.41, 5.74) is 9.64. The molecule has 1 fully saturated rings. The summed E-state index contributed by atoms with van der Waals surface area (Å²) in [6.07, 6.45) is 3.35. The molecule has 0 aliphatic carbocycles. The topological polar surface area (TPSA) is 147 Å². The van der Waals surface area contributed by atoms with Gasteiger partial charge in [-0.2, -0.15) is 5.10 Å². The molecule has 10 nitrogen and oxygen atoms in total. The molecular weight excluding hydrogens is 492 g/mol. The highest BCUT2D eigenvalue weighted by atomic mass is 32.2. The number of nitrogens with one attached hydrogen (secondary N) is 2. The molecule has 11 heteroatoms. The fraction of sp³-hybridized carbons (Fsp3) is 0.269. The highest BCUT2D eigenvalue weighted by Crippen LogP contribution is 2.36. The second-order valence-corrected chi connectivity index (χ2v) is 10.4. The lowest BCUT2D eigenvalue weighted by atomic mass is 10.1. The summed E-state index contributed by atoms with van der Waals surface area (Å²) in [6, 6.07) is 14.5. The zero-order valence-corrected chi connectivity index (χ0v) is 21.1. The lowest BCUT2D eigenvalue weighted by Crippen LogP contribution is -2.34. The molecule has 1 unspecified atom stereocenters. The number of benzene rings is 2. The number of ether oxygens (including phenoxy) is 1. The molecule has 0 spiro atoms. The largest absolute Gasteiger partial charge is 0.490 e. The average molecular weight is 521 g/mol. The number of carboxylic acid groups (broad SMARTS) is 1. The summed E-state index contributed by atoms with van der Waals surface area (Å²) in [6.45, 7) is 3.79. The molecule has 0 amide bonds. The highest BCUT2D eigenvalue weighted by molar-refractivity contribution is 7.91. The summed E-state index contributed by atoms with van der Waals surface area (Å²) < 4.78 is 22.8. The van der Waals surface area contributed by atoms with Crippen LogP contribution in [-0.4, -0.2) is 50.1 Å². The summed E-state index contributed by atoms with van der Waals surface area (Å²) >= 11 is 0. The molecule has 1 aromatic heterocycles. The average Bonchev–Trinajstić information content (AvgIpc) is 3.26. The van der Waals surface area contributed by atoms with Crippen LogP contribution in [0.15, 0.2) is 53.4 Å². The zero-order valence-electron chi connectivity index (χ0n) is 20.3. The Bertz CT molecular complexity index is 1430. The summed E-state index contributed by atoms with van der Waals surface area (Å²) in [4.78, 5) is 11.8. The van der Waals surface area contributed by atoms with E-state index in [0.717, 1.165) is 31.6 Å². The van der Waals surface area contributed by atoms with Gasteiger partial charge in [0, 0.05) is 11.1 Å². The van der Waals surface area contributed by atoms with E-state index < -0.39 is 17.0 Å². The number of hydrogen-bond acceptors (Lipinski definition) is 6. The Morgan fingerprint density at radius 1 is 1.24 bits per heavy atom. The van der Waals surface area contributed by atoms with Gasteiger partial charge < -0.3 is 20.9 Å². The normalized spacial score (nSPS) is 17.7. The maximum Gasteiger partial charge on any atom is 0.346 e. The summed E-state index contributed by atoms with van der Waals surface area (Å²) in [7, 11) is -1.94. The van der Waals surface area contributed by atoms with Gasteiger partial charge in [-0.05, 0) is 75.3 Å². The molecule has 5 rings (SSSR count). The molecular formula is C26H28N6O4S. The van der Waals surface area contributed by atoms with Gasteiger partial charge in [0.2, 0.25) is 0 Å². The Morgan fingerprint density at radius 2 is 2.03 bits per heavy atom. The predicted octanol–water partition coefficient (Wildman–Crippen LogP) is 2.70. The Labute approximate surface area is 216 Å². The highest BCUT2D eigenvalue weighted by Gasteiger charge is 2.31. The van der Waals surface area contributed by atoms with Crippen LogP contribution in [0.25, 0.3) is 11.8 Å². The molecule has 3 heterocycles. The van der Waals surface area contributed by atoms with Crippen LogP contribution in [0.5, 0.6) is 5.75 Å². The Kier molecular flexibility index (Phi) is 6.81. The van der Waals surface area contributed by atoms with Crippen molar-refractivity contribution in [1.82, 2.24) is 15.1 Å². The number of aromatic nitrogens is 2. The molecule has 1 atom stereocenters. The number of nitrogens with zero attached hydrogens (tertiary/aromatic N) is 3. The van der Waals surface area contributed by atoms with Crippen molar-refractivity contribution in [2.45, 2.75) is 32.4 Å². The quantitative estimate of drug-likeness (QED) is 0.277. The van der Waals surface area contributed by atoms with E-state index in [-0.39, 0.29) is 23.4 Å². The zero-order chi connectivity index (χ0) is 26.1. The predicted molar refractivity (Wildman–Crippen MR) is 142 cm³/mol. The van der Waals surface area contributed by atoms with Crippen molar-refractivity contribution in [2.24, 2.45) is 5.73 Å². The van der Waals surface area contributed by atoms with Crippen LogP contribution in [-0.2, 0) is 22.3 Å². The van der Waals surface area contributed by atoms with Gasteiger partial charge in [-0.1, -0.05) is 12.1 Å². The maximum absolute atomic E-state index is 13.4. The van der Waals surface area contributed by atoms with Crippen LogP contribution in [0.2, 0.25) is 0 Å². The Hall–Kier alpha value is -3.96. The number of aryl methyl sites for hydroxylation is 1. The van der Waals surface area contributed by atoms with Crippen molar-refractivity contribution < 1.29 is 18.8 Å². The summed E-state index contributed by atoms with van der Waals surface area (Å²) in [5, 5.41) is 25.4. The second kappa shape index (κ2) is 10.2. The molecule has 0 bridgehead atoms. The van der Waals surface area contributed by atoms with Gasteiger partial charge >= 0.3 is 5.97 Å². The van der Waals surface area contributed by atoms with Crippen molar-refractivity contribution in [3.63, 3.8) is 0 Å². The van der Waals surface area contributed by atoms with Crippen LogP contribution < -0.4 is 20.1 Å². The van der Waals surface area contributed by atoms with Gasteiger partial charge in [-0.25, -0.2) is 13.7 Å². The molecule has 3 aromatic rings. The van der Waals surface area contributed by atoms with E-state index in [4.69, 9.17) is 15.9 Å². The molecule has 2 aliphatic heterocycles. The minimum absolute atomic E-state index is 0.0583. The number of hydrogen-bond donors (Lipinski definition) is 4. The maximum atomic E-state index is 13.4. The molecule has 0 radical (unpaired) electrons.